The molecule has 2 unspecified atom stereocenters. The zero-order chi connectivity index (χ0) is 11.8. The van der Waals surface area contributed by atoms with E-state index in [1.54, 1.807) is 0 Å². The summed E-state index contributed by atoms with van der Waals surface area (Å²) in [5.41, 5.74) is 0.577. The Morgan fingerprint density at radius 1 is 1.19 bits per heavy atom. The van der Waals surface area contributed by atoms with E-state index in [4.69, 9.17) is 0 Å². The molecule has 16 heavy (non-hydrogen) atoms. The summed E-state index contributed by atoms with van der Waals surface area (Å²) in [6, 6.07) is 2.25. The molecule has 1 saturated heterocycles. The highest BCUT2D eigenvalue weighted by Gasteiger charge is 2.33. The van der Waals surface area contributed by atoms with Gasteiger partial charge in [0.15, 0.2) is 0 Å². The maximum absolute atomic E-state index is 3.88. The van der Waals surface area contributed by atoms with Crippen LogP contribution in [0, 0.1) is 5.41 Å². The molecule has 2 aliphatic rings. The molecule has 1 aliphatic heterocycles. The fourth-order valence-corrected chi connectivity index (χ4v) is 3.30. The van der Waals surface area contributed by atoms with E-state index in [9.17, 15) is 0 Å². The predicted molar refractivity (Wildman–Crippen MR) is 69.7 cm³/mol. The Kier molecular flexibility index (Phi) is 3.60. The van der Waals surface area contributed by atoms with Crippen LogP contribution in [0.15, 0.2) is 0 Å². The summed E-state index contributed by atoms with van der Waals surface area (Å²) < 4.78 is 0. The largest absolute Gasteiger partial charge is 0.310 e. The van der Waals surface area contributed by atoms with Crippen LogP contribution in [0.25, 0.3) is 0 Å². The molecule has 0 spiro atoms. The molecule has 1 aliphatic carbocycles. The standard InChI is InChI=1S/C14H28N2/c1-11(2)16-8-6-13(10-16)15-12-5-7-14(3,4)9-12/h11-13,15H,5-10H2,1-4H3. The molecule has 94 valence electrons. The molecular formula is C14H28N2. The van der Waals surface area contributed by atoms with Crippen molar-refractivity contribution in [2.75, 3.05) is 13.1 Å². The number of nitrogens with one attached hydrogen (secondary N) is 1. The van der Waals surface area contributed by atoms with E-state index in [0.29, 0.717) is 11.5 Å². The predicted octanol–water partition coefficient (Wildman–Crippen LogP) is 2.64. The minimum atomic E-state index is 0.577. The van der Waals surface area contributed by atoms with Crippen LogP contribution in [0.1, 0.15) is 53.4 Å². The molecule has 0 radical (unpaired) electrons. The summed E-state index contributed by atoms with van der Waals surface area (Å²) in [5, 5.41) is 3.88. The molecule has 2 heteroatoms. The van der Waals surface area contributed by atoms with Crippen molar-refractivity contribution < 1.29 is 0 Å². The van der Waals surface area contributed by atoms with Gasteiger partial charge in [-0.25, -0.2) is 0 Å². The molecule has 1 heterocycles. The van der Waals surface area contributed by atoms with E-state index in [0.717, 1.165) is 12.1 Å². The van der Waals surface area contributed by atoms with Gasteiger partial charge in [-0.2, -0.15) is 0 Å². The Balaban J connectivity index is 1.76. The van der Waals surface area contributed by atoms with E-state index in [-0.39, 0.29) is 0 Å². The van der Waals surface area contributed by atoms with Crippen LogP contribution < -0.4 is 5.32 Å². The fraction of sp³-hybridized carbons (Fsp3) is 1.00. The summed E-state index contributed by atoms with van der Waals surface area (Å²) in [6.07, 6.45) is 5.48. The third-order valence-electron chi connectivity index (χ3n) is 4.39. The quantitative estimate of drug-likeness (QED) is 0.793. The van der Waals surface area contributed by atoms with Crippen molar-refractivity contribution in [3.63, 3.8) is 0 Å². The van der Waals surface area contributed by atoms with Crippen molar-refractivity contribution in [1.82, 2.24) is 10.2 Å². The Morgan fingerprint density at radius 3 is 2.44 bits per heavy atom. The number of hydrogen-bond donors (Lipinski definition) is 1. The Morgan fingerprint density at radius 2 is 1.94 bits per heavy atom. The van der Waals surface area contributed by atoms with Gasteiger partial charge >= 0.3 is 0 Å². The molecular weight excluding hydrogens is 196 g/mol. The van der Waals surface area contributed by atoms with Crippen LogP contribution in [0.3, 0.4) is 0 Å². The number of rotatable bonds is 3. The van der Waals surface area contributed by atoms with Gasteiger partial charge in [-0.15, -0.1) is 0 Å². The average Bonchev–Trinajstić information content (AvgIpc) is 2.73. The maximum atomic E-state index is 3.88. The van der Waals surface area contributed by atoms with Crippen LogP contribution in [-0.2, 0) is 0 Å². The second-order valence-corrected chi connectivity index (χ2v) is 6.84. The van der Waals surface area contributed by atoms with Crippen molar-refractivity contribution in [3.05, 3.63) is 0 Å². The van der Waals surface area contributed by atoms with Crippen LogP contribution >= 0.6 is 0 Å². The molecule has 0 aromatic rings. The zero-order valence-electron chi connectivity index (χ0n) is 11.4. The molecule has 2 rings (SSSR count). The van der Waals surface area contributed by atoms with Gasteiger partial charge in [-0.05, 0) is 51.5 Å². The smallest absolute Gasteiger partial charge is 0.0209 e. The number of nitrogens with zero attached hydrogens (tertiary/aromatic N) is 1. The third-order valence-corrected chi connectivity index (χ3v) is 4.39. The molecule has 1 N–H and O–H groups in total. The number of likely N-dealkylation sites (tertiary alicyclic amines) is 1. The highest BCUT2D eigenvalue weighted by atomic mass is 15.2. The Bertz CT molecular complexity index is 235. The normalized spacial score (nSPS) is 35.1. The molecule has 0 bridgehead atoms. The van der Waals surface area contributed by atoms with E-state index in [1.807, 2.05) is 0 Å². The topological polar surface area (TPSA) is 15.3 Å². The summed E-state index contributed by atoms with van der Waals surface area (Å²) in [4.78, 5) is 2.60. The highest BCUT2D eigenvalue weighted by molar-refractivity contribution is 4.91. The second-order valence-electron chi connectivity index (χ2n) is 6.84. The van der Waals surface area contributed by atoms with E-state index in [1.165, 1.54) is 38.8 Å². The first-order valence-corrected chi connectivity index (χ1v) is 6.96. The monoisotopic (exact) mass is 224 g/mol. The molecule has 0 amide bonds. The number of hydrogen-bond acceptors (Lipinski definition) is 2. The van der Waals surface area contributed by atoms with Crippen molar-refractivity contribution in [1.29, 1.82) is 0 Å². The first kappa shape index (κ1) is 12.4. The molecule has 2 fully saturated rings. The van der Waals surface area contributed by atoms with Crippen molar-refractivity contribution in [2.24, 2.45) is 5.41 Å². The van der Waals surface area contributed by atoms with E-state index in [2.05, 4.69) is 37.9 Å². The lowest BCUT2D eigenvalue weighted by Gasteiger charge is -2.23. The van der Waals surface area contributed by atoms with Crippen LogP contribution in [0.4, 0.5) is 0 Å². The Hall–Kier alpha value is -0.0800. The van der Waals surface area contributed by atoms with E-state index >= 15 is 0 Å². The lowest BCUT2D eigenvalue weighted by Crippen LogP contribution is -2.40. The second kappa shape index (κ2) is 4.66. The van der Waals surface area contributed by atoms with E-state index < -0.39 is 0 Å². The van der Waals surface area contributed by atoms with Gasteiger partial charge in [0.25, 0.3) is 0 Å². The summed E-state index contributed by atoms with van der Waals surface area (Å²) >= 11 is 0. The first-order chi connectivity index (χ1) is 7.46. The summed E-state index contributed by atoms with van der Waals surface area (Å²) in [6.45, 7) is 12.0. The minimum Gasteiger partial charge on any atom is -0.310 e. The van der Waals surface area contributed by atoms with Crippen molar-refractivity contribution >= 4 is 0 Å². The van der Waals surface area contributed by atoms with Crippen LogP contribution in [0.5, 0.6) is 0 Å². The lowest BCUT2D eigenvalue weighted by molar-refractivity contribution is 0.264. The molecule has 0 aromatic carbocycles. The van der Waals surface area contributed by atoms with Crippen molar-refractivity contribution in [3.8, 4) is 0 Å². The van der Waals surface area contributed by atoms with Gasteiger partial charge in [-0.1, -0.05) is 13.8 Å². The SMILES string of the molecule is CC(C)N1CCC(NC2CCC(C)(C)C2)C1. The van der Waals surface area contributed by atoms with Gasteiger partial charge in [0, 0.05) is 24.7 Å². The zero-order valence-corrected chi connectivity index (χ0v) is 11.4. The van der Waals surface area contributed by atoms with Crippen LogP contribution in [0.2, 0.25) is 0 Å². The summed E-state index contributed by atoms with van der Waals surface area (Å²) in [5.74, 6) is 0. The lowest BCUT2D eigenvalue weighted by atomic mass is 9.92. The fourth-order valence-electron chi connectivity index (χ4n) is 3.30. The highest BCUT2D eigenvalue weighted by Crippen LogP contribution is 2.37. The van der Waals surface area contributed by atoms with Crippen molar-refractivity contribution in [2.45, 2.75) is 71.5 Å². The first-order valence-electron chi connectivity index (χ1n) is 6.96. The van der Waals surface area contributed by atoms with Crippen LogP contribution in [-0.4, -0.2) is 36.1 Å². The molecule has 2 atom stereocenters. The molecule has 0 aromatic heterocycles. The van der Waals surface area contributed by atoms with Gasteiger partial charge in [0.05, 0.1) is 0 Å². The van der Waals surface area contributed by atoms with Gasteiger partial charge in [0.1, 0.15) is 0 Å². The molecule has 1 saturated carbocycles. The third kappa shape index (κ3) is 2.98. The minimum absolute atomic E-state index is 0.577. The Labute approximate surface area is 101 Å². The van der Waals surface area contributed by atoms with Gasteiger partial charge in [0.2, 0.25) is 0 Å². The molecule has 2 nitrogen and oxygen atoms in total. The van der Waals surface area contributed by atoms with Gasteiger partial charge in [-0.3, -0.25) is 4.90 Å². The maximum Gasteiger partial charge on any atom is 0.0209 e. The van der Waals surface area contributed by atoms with Gasteiger partial charge < -0.3 is 5.32 Å². The average molecular weight is 224 g/mol. The summed E-state index contributed by atoms with van der Waals surface area (Å²) in [7, 11) is 0.